The first-order chi connectivity index (χ1) is 6.04. The average Bonchev–Trinajstić information content (AvgIpc) is 2.04. The molecule has 1 heterocycles. The van der Waals surface area contributed by atoms with Crippen molar-refractivity contribution < 1.29 is 14.6 Å². The quantitative estimate of drug-likeness (QED) is 0.683. The zero-order valence-electron chi connectivity index (χ0n) is 7.95. The van der Waals surface area contributed by atoms with Gasteiger partial charge in [0.2, 0.25) is 0 Å². The van der Waals surface area contributed by atoms with Gasteiger partial charge < -0.3 is 15.6 Å². The molecule has 0 aromatic heterocycles. The van der Waals surface area contributed by atoms with Gasteiger partial charge in [-0.15, -0.1) is 0 Å². The van der Waals surface area contributed by atoms with E-state index in [-0.39, 0.29) is 6.42 Å². The number of rotatable bonds is 3. The number of hydrogen-bond acceptors (Lipinski definition) is 3. The molecule has 13 heavy (non-hydrogen) atoms. The highest BCUT2D eigenvalue weighted by molar-refractivity contribution is 5.67. The largest absolute Gasteiger partial charge is 0.481 e. The second kappa shape index (κ2) is 4.07. The molecular formula is C9H17NO3. The van der Waals surface area contributed by atoms with Crippen LogP contribution < -0.4 is 5.73 Å². The molecule has 0 bridgehead atoms. The molecule has 1 saturated heterocycles. The normalized spacial score (nSPS) is 31.2. The fourth-order valence-electron chi connectivity index (χ4n) is 1.65. The number of ether oxygens (including phenoxy) is 1. The monoisotopic (exact) mass is 187 g/mol. The molecule has 1 aliphatic rings. The number of carbonyl (C=O) groups is 1. The summed E-state index contributed by atoms with van der Waals surface area (Å²) in [6.45, 7) is 2.60. The van der Waals surface area contributed by atoms with Crippen molar-refractivity contribution in [2.75, 3.05) is 6.61 Å². The lowest BCUT2D eigenvalue weighted by Gasteiger charge is -2.38. The summed E-state index contributed by atoms with van der Waals surface area (Å²) in [6.07, 6.45) is 2.97. The zero-order valence-corrected chi connectivity index (χ0v) is 7.95. The van der Waals surface area contributed by atoms with E-state index in [1.807, 2.05) is 6.92 Å². The topological polar surface area (TPSA) is 72.6 Å². The zero-order chi connectivity index (χ0) is 9.90. The standard InChI is InChI=1S/C9H17NO3/c1-9(4-2-3-5-13-9)7(10)6-8(11)12/h7H,2-6,10H2,1H3,(H,11,12)/t7-,9?/m1/s1. The molecule has 1 aliphatic heterocycles. The second-order valence-electron chi connectivity index (χ2n) is 3.82. The number of nitrogens with two attached hydrogens (primary N) is 1. The lowest BCUT2D eigenvalue weighted by atomic mass is 9.87. The van der Waals surface area contributed by atoms with Crippen molar-refractivity contribution >= 4 is 5.97 Å². The Balaban J connectivity index is 2.51. The summed E-state index contributed by atoms with van der Waals surface area (Å²) in [4.78, 5) is 10.5. The highest BCUT2D eigenvalue weighted by Crippen LogP contribution is 2.28. The lowest BCUT2D eigenvalue weighted by molar-refractivity contribution is -0.141. The minimum Gasteiger partial charge on any atom is -0.481 e. The van der Waals surface area contributed by atoms with Gasteiger partial charge in [0.15, 0.2) is 0 Å². The van der Waals surface area contributed by atoms with Crippen LogP contribution in [0.1, 0.15) is 32.6 Å². The Morgan fingerprint density at radius 2 is 2.38 bits per heavy atom. The number of aliphatic carboxylic acids is 1. The van der Waals surface area contributed by atoms with Crippen molar-refractivity contribution in [2.45, 2.75) is 44.2 Å². The summed E-state index contributed by atoms with van der Waals surface area (Å²) >= 11 is 0. The maximum atomic E-state index is 10.5. The Bertz CT molecular complexity index is 187. The summed E-state index contributed by atoms with van der Waals surface area (Å²) in [5.41, 5.74) is 5.34. The predicted molar refractivity (Wildman–Crippen MR) is 48.4 cm³/mol. The van der Waals surface area contributed by atoms with E-state index >= 15 is 0 Å². The summed E-state index contributed by atoms with van der Waals surface area (Å²) in [6, 6.07) is -0.398. The molecule has 0 aliphatic carbocycles. The van der Waals surface area contributed by atoms with E-state index in [1.54, 1.807) is 0 Å². The van der Waals surface area contributed by atoms with Crippen LogP contribution in [0.15, 0.2) is 0 Å². The van der Waals surface area contributed by atoms with Gasteiger partial charge in [0, 0.05) is 12.6 Å². The highest BCUT2D eigenvalue weighted by atomic mass is 16.5. The molecule has 4 heteroatoms. The Morgan fingerprint density at radius 3 is 2.85 bits per heavy atom. The van der Waals surface area contributed by atoms with Gasteiger partial charge in [-0.05, 0) is 26.2 Å². The molecule has 0 saturated carbocycles. The van der Waals surface area contributed by atoms with Crippen LogP contribution >= 0.6 is 0 Å². The van der Waals surface area contributed by atoms with E-state index in [0.29, 0.717) is 6.61 Å². The van der Waals surface area contributed by atoms with Crippen molar-refractivity contribution in [2.24, 2.45) is 5.73 Å². The summed E-state index contributed by atoms with van der Waals surface area (Å²) < 4.78 is 5.54. The minimum absolute atomic E-state index is 0.0174. The molecule has 76 valence electrons. The Hall–Kier alpha value is -0.610. The van der Waals surface area contributed by atoms with E-state index in [1.165, 1.54) is 0 Å². The van der Waals surface area contributed by atoms with Crippen molar-refractivity contribution in [3.8, 4) is 0 Å². The van der Waals surface area contributed by atoms with Crippen LogP contribution in [0.25, 0.3) is 0 Å². The molecule has 0 radical (unpaired) electrons. The third-order valence-corrected chi connectivity index (χ3v) is 2.68. The first-order valence-electron chi connectivity index (χ1n) is 4.66. The molecule has 0 aromatic carbocycles. The summed E-state index contributed by atoms with van der Waals surface area (Å²) in [5.74, 6) is -0.858. The van der Waals surface area contributed by atoms with Crippen molar-refractivity contribution in [1.82, 2.24) is 0 Å². The van der Waals surface area contributed by atoms with Gasteiger partial charge in [0.05, 0.1) is 12.0 Å². The van der Waals surface area contributed by atoms with Gasteiger partial charge in [-0.1, -0.05) is 0 Å². The molecule has 0 spiro atoms. The number of hydrogen-bond donors (Lipinski definition) is 2. The van der Waals surface area contributed by atoms with Gasteiger partial charge in [0.1, 0.15) is 0 Å². The molecule has 2 atom stereocenters. The van der Waals surface area contributed by atoms with Gasteiger partial charge in [-0.2, -0.15) is 0 Å². The average molecular weight is 187 g/mol. The van der Waals surface area contributed by atoms with Crippen LogP contribution in [0.5, 0.6) is 0 Å². The molecule has 4 nitrogen and oxygen atoms in total. The number of carboxylic acid groups (broad SMARTS) is 1. The molecule has 3 N–H and O–H groups in total. The maximum absolute atomic E-state index is 10.5. The highest BCUT2D eigenvalue weighted by Gasteiger charge is 2.35. The van der Waals surface area contributed by atoms with Gasteiger partial charge in [0.25, 0.3) is 0 Å². The summed E-state index contributed by atoms with van der Waals surface area (Å²) in [5, 5.41) is 8.59. The Labute approximate surface area is 78.1 Å². The van der Waals surface area contributed by atoms with Crippen molar-refractivity contribution in [1.29, 1.82) is 0 Å². The van der Waals surface area contributed by atoms with Crippen LogP contribution in [0.4, 0.5) is 0 Å². The van der Waals surface area contributed by atoms with Crippen LogP contribution in [0.2, 0.25) is 0 Å². The smallest absolute Gasteiger partial charge is 0.305 e. The Morgan fingerprint density at radius 1 is 1.69 bits per heavy atom. The second-order valence-corrected chi connectivity index (χ2v) is 3.82. The predicted octanol–water partition coefficient (Wildman–Crippen LogP) is 0.748. The van der Waals surface area contributed by atoms with Gasteiger partial charge in [-0.3, -0.25) is 4.79 Å². The van der Waals surface area contributed by atoms with E-state index in [0.717, 1.165) is 19.3 Å². The fraction of sp³-hybridized carbons (Fsp3) is 0.889. The van der Waals surface area contributed by atoms with Gasteiger partial charge in [-0.25, -0.2) is 0 Å². The number of carboxylic acids is 1. The van der Waals surface area contributed by atoms with Crippen LogP contribution in [0.3, 0.4) is 0 Å². The SMILES string of the molecule is CC1([C@H](N)CC(=O)O)CCCCO1. The first-order valence-corrected chi connectivity index (χ1v) is 4.66. The fourth-order valence-corrected chi connectivity index (χ4v) is 1.65. The first kappa shape index (κ1) is 10.5. The van der Waals surface area contributed by atoms with E-state index in [9.17, 15) is 4.79 Å². The maximum Gasteiger partial charge on any atom is 0.305 e. The van der Waals surface area contributed by atoms with E-state index < -0.39 is 17.6 Å². The van der Waals surface area contributed by atoms with Crippen LogP contribution in [0, 0.1) is 0 Å². The van der Waals surface area contributed by atoms with Crippen molar-refractivity contribution in [3.05, 3.63) is 0 Å². The molecule has 1 fully saturated rings. The van der Waals surface area contributed by atoms with Gasteiger partial charge >= 0.3 is 5.97 Å². The van der Waals surface area contributed by atoms with Crippen LogP contribution in [-0.2, 0) is 9.53 Å². The summed E-state index contributed by atoms with van der Waals surface area (Å²) in [7, 11) is 0. The van der Waals surface area contributed by atoms with E-state index in [4.69, 9.17) is 15.6 Å². The molecule has 1 rings (SSSR count). The molecule has 0 aromatic rings. The van der Waals surface area contributed by atoms with Crippen LogP contribution in [-0.4, -0.2) is 29.3 Å². The third-order valence-electron chi connectivity index (χ3n) is 2.68. The molecule has 0 amide bonds. The minimum atomic E-state index is -0.858. The molecule has 1 unspecified atom stereocenters. The van der Waals surface area contributed by atoms with Crippen molar-refractivity contribution in [3.63, 3.8) is 0 Å². The Kier molecular flexibility index (Phi) is 3.27. The molecular weight excluding hydrogens is 170 g/mol. The van der Waals surface area contributed by atoms with E-state index in [2.05, 4.69) is 0 Å². The lowest BCUT2D eigenvalue weighted by Crippen LogP contribution is -2.50. The third kappa shape index (κ3) is 2.67.